The van der Waals surface area contributed by atoms with Crippen molar-refractivity contribution in [3.8, 4) is 0 Å². The number of halogens is 1. The van der Waals surface area contributed by atoms with Crippen LogP contribution in [0.5, 0.6) is 0 Å². The zero-order valence-electron chi connectivity index (χ0n) is 7.74. The van der Waals surface area contributed by atoms with Crippen LogP contribution in [-0.2, 0) is 9.53 Å². The van der Waals surface area contributed by atoms with Gasteiger partial charge >= 0.3 is 5.97 Å². The number of hydrogen-bond donors (Lipinski definition) is 0. The highest BCUT2D eigenvalue weighted by molar-refractivity contribution is 6.29. The van der Waals surface area contributed by atoms with E-state index in [0.29, 0.717) is 11.8 Å². The van der Waals surface area contributed by atoms with Crippen molar-refractivity contribution >= 4 is 23.6 Å². The largest absolute Gasteiger partial charge is 0.463 e. The summed E-state index contributed by atoms with van der Waals surface area (Å²) in [5.74, 6) is -0.361. The number of ether oxygens (including phenoxy) is 1. The van der Waals surface area contributed by atoms with Crippen molar-refractivity contribution in [2.45, 2.75) is 6.92 Å². The Labute approximate surface area is 87.4 Å². The highest BCUT2D eigenvalue weighted by Crippen LogP contribution is 2.08. The summed E-state index contributed by atoms with van der Waals surface area (Å²) in [4.78, 5) is 14.8. The predicted octanol–water partition coefficient (Wildman–Crippen LogP) is 2.31. The molecule has 1 heterocycles. The van der Waals surface area contributed by atoms with Gasteiger partial charge in [-0.2, -0.15) is 0 Å². The van der Waals surface area contributed by atoms with E-state index in [4.69, 9.17) is 16.3 Å². The van der Waals surface area contributed by atoms with E-state index in [9.17, 15) is 4.79 Å². The fourth-order valence-electron chi connectivity index (χ4n) is 0.876. The summed E-state index contributed by atoms with van der Waals surface area (Å²) in [6.07, 6.45) is 4.56. The van der Waals surface area contributed by atoms with Crippen molar-refractivity contribution in [2.24, 2.45) is 0 Å². The summed E-state index contributed by atoms with van der Waals surface area (Å²) in [6, 6.07) is 3.42. The third-order valence-corrected chi connectivity index (χ3v) is 1.66. The molecular formula is C10H10ClNO2. The van der Waals surface area contributed by atoms with Crippen molar-refractivity contribution < 1.29 is 9.53 Å². The summed E-state index contributed by atoms with van der Waals surface area (Å²) in [7, 11) is 0. The predicted molar refractivity (Wildman–Crippen MR) is 54.9 cm³/mol. The molecule has 74 valence electrons. The molecule has 0 saturated heterocycles. The molecule has 0 amide bonds. The van der Waals surface area contributed by atoms with Gasteiger partial charge in [0.05, 0.1) is 6.61 Å². The first kappa shape index (κ1) is 10.7. The molecule has 1 rings (SSSR count). The lowest BCUT2D eigenvalue weighted by molar-refractivity contribution is -0.137. The zero-order chi connectivity index (χ0) is 10.4. The molecule has 1 aromatic rings. The van der Waals surface area contributed by atoms with Gasteiger partial charge in [0, 0.05) is 12.3 Å². The van der Waals surface area contributed by atoms with E-state index in [1.165, 1.54) is 6.08 Å². The first-order chi connectivity index (χ1) is 6.72. The molecule has 0 aliphatic carbocycles. The average molecular weight is 212 g/mol. The maximum absolute atomic E-state index is 10.9. The van der Waals surface area contributed by atoms with E-state index in [0.717, 1.165) is 5.56 Å². The lowest BCUT2D eigenvalue weighted by atomic mass is 10.2. The minimum atomic E-state index is -0.361. The Morgan fingerprint density at radius 3 is 3.14 bits per heavy atom. The number of aromatic nitrogens is 1. The standard InChI is InChI=1S/C10H10ClNO2/c1-2-14-10(13)4-3-8-5-6-12-9(11)7-8/h3-7H,2H2,1H3/b4-3+. The fraction of sp³-hybridized carbons (Fsp3) is 0.200. The number of carbonyl (C=O) groups excluding carboxylic acids is 1. The van der Waals surface area contributed by atoms with E-state index in [1.807, 2.05) is 0 Å². The summed E-state index contributed by atoms with van der Waals surface area (Å²) in [5, 5.41) is 0.399. The second-order valence-electron chi connectivity index (χ2n) is 2.50. The molecule has 0 aliphatic heterocycles. The normalized spacial score (nSPS) is 10.4. The molecule has 14 heavy (non-hydrogen) atoms. The molecule has 0 atom stereocenters. The summed E-state index contributed by atoms with van der Waals surface area (Å²) in [5.41, 5.74) is 0.818. The van der Waals surface area contributed by atoms with E-state index >= 15 is 0 Å². The molecule has 0 unspecified atom stereocenters. The van der Waals surface area contributed by atoms with Gasteiger partial charge in [-0.1, -0.05) is 11.6 Å². The molecular weight excluding hydrogens is 202 g/mol. The molecule has 0 bridgehead atoms. The molecule has 1 aromatic heterocycles. The molecule has 0 N–H and O–H groups in total. The molecule has 0 aliphatic rings. The molecule has 0 fully saturated rings. The van der Waals surface area contributed by atoms with Crippen LogP contribution in [0.1, 0.15) is 12.5 Å². The van der Waals surface area contributed by atoms with Crippen LogP contribution in [0.4, 0.5) is 0 Å². The molecule has 0 saturated carbocycles. The Kier molecular flexibility index (Phi) is 4.13. The number of esters is 1. The van der Waals surface area contributed by atoms with Gasteiger partial charge in [0.1, 0.15) is 5.15 Å². The third kappa shape index (κ3) is 3.58. The van der Waals surface area contributed by atoms with Crippen LogP contribution >= 0.6 is 11.6 Å². The van der Waals surface area contributed by atoms with E-state index in [2.05, 4.69) is 4.98 Å². The number of rotatable bonds is 3. The number of pyridine rings is 1. The van der Waals surface area contributed by atoms with Gasteiger partial charge in [-0.15, -0.1) is 0 Å². The highest BCUT2D eigenvalue weighted by Gasteiger charge is 1.94. The maximum atomic E-state index is 10.9. The van der Waals surface area contributed by atoms with Crippen LogP contribution < -0.4 is 0 Å². The topological polar surface area (TPSA) is 39.2 Å². The second-order valence-corrected chi connectivity index (χ2v) is 2.88. The zero-order valence-corrected chi connectivity index (χ0v) is 8.49. The third-order valence-electron chi connectivity index (χ3n) is 1.45. The average Bonchev–Trinajstić information content (AvgIpc) is 2.15. The number of carbonyl (C=O) groups is 1. The monoisotopic (exact) mass is 211 g/mol. The summed E-state index contributed by atoms with van der Waals surface area (Å²) < 4.78 is 4.72. The number of hydrogen-bond acceptors (Lipinski definition) is 3. The van der Waals surface area contributed by atoms with Crippen molar-refractivity contribution in [1.29, 1.82) is 0 Å². The van der Waals surface area contributed by atoms with Crippen LogP contribution in [0.2, 0.25) is 5.15 Å². The van der Waals surface area contributed by atoms with Crippen molar-refractivity contribution in [3.63, 3.8) is 0 Å². The van der Waals surface area contributed by atoms with Crippen LogP contribution in [-0.4, -0.2) is 17.6 Å². The van der Waals surface area contributed by atoms with Gasteiger partial charge < -0.3 is 4.74 Å². The van der Waals surface area contributed by atoms with Crippen LogP contribution in [0, 0.1) is 0 Å². The van der Waals surface area contributed by atoms with Crippen molar-refractivity contribution in [3.05, 3.63) is 35.1 Å². The first-order valence-electron chi connectivity index (χ1n) is 4.18. The Hall–Kier alpha value is -1.35. The molecule has 0 spiro atoms. The number of nitrogens with zero attached hydrogens (tertiary/aromatic N) is 1. The van der Waals surface area contributed by atoms with Gasteiger partial charge in [0.2, 0.25) is 0 Å². The Bertz CT molecular complexity index is 350. The first-order valence-corrected chi connectivity index (χ1v) is 4.56. The van der Waals surface area contributed by atoms with Crippen LogP contribution in [0.15, 0.2) is 24.4 Å². The van der Waals surface area contributed by atoms with E-state index in [-0.39, 0.29) is 5.97 Å². The quantitative estimate of drug-likeness (QED) is 0.438. The smallest absolute Gasteiger partial charge is 0.330 e. The highest BCUT2D eigenvalue weighted by atomic mass is 35.5. The van der Waals surface area contributed by atoms with E-state index in [1.54, 1.807) is 31.3 Å². The van der Waals surface area contributed by atoms with Gasteiger partial charge in [-0.25, -0.2) is 9.78 Å². The molecule has 4 heteroatoms. The van der Waals surface area contributed by atoms with E-state index < -0.39 is 0 Å². The molecule has 0 radical (unpaired) electrons. The SMILES string of the molecule is CCOC(=O)/C=C/c1ccnc(Cl)c1. The Morgan fingerprint density at radius 1 is 1.71 bits per heavy atom. The molecule has 3 nitrogen and oxygen atoms in total. The lowest BCUT2D eigenvalue weighted by Crippen LogP contribution is -1.98. The van der Waals surface area contributed by atoms with Gasteiger partial charge in [0.15, 0.2) is 0 Å². The summed E-state index contributed by atoms with van der Waals surface area (Å²) >= 11 is 5.66. The van der Waals surface area contributed by atoms with Gasteiger partial charge in [-0.05, 0) is 30.7 Å². The molecule has 0 aromatic carbocycles. The summed E-state index contributed by atoms with van der Waals surface area (Å²) in [6.45, 7) is 2.13. The fourth-order valence-corrected chi connectivity index (χ4v) is 1.06. The van der Waals surface area contributed by atoms with Gasteiger partial charge in [-0.3, -0.25) is 0 Å². The van der Waals surface area contributed by atoms with Gasteiger partial charge in [0.25, 0.3) is 0 Å². The van der Waals surface area contributed by atoms with Crippen molar-refractivity contribution in [2.75, 3.05) is 6.61 Å². The van der Waals surface area contributed by atoms with Crippen LogP contribution in [0.3, 0.4) is 0 Å². The minimum absolute atomic E-state index is 0.361. The Morgan fingerprint density at radius 2 is 2.50 bits per heavy atom. The maximum Gasteiger partial charge on any atom is 0.330 e. The Balaban J connectivity index is 2.64. The second kappa shape index (κ2) is 5.40. The van der Waals surface area contributed by atoms with Crippen molar-refractivity contribution in [1.82, 2.24) is 4.98 Å². The van der Waals surface area contributed by atoms with Crippen LogP contribution in [0.25, 0.3) is 6.08 Å². The lowest BCUT2D eigenvalue weighted by Gasteiger charge is -1.95. The minimum Gasteiger partial charge on any atom is -0.463 e.